The highest BCUT2D eigenvalue weighted by atomic mass is 16.5. The lowest BCUT2D eigenvalue weighted by molar-refractivity contribution is -0.145. The van der Waals surface area contributed by atoms with Gasteiger partial charge >= 0.3 is 11.9 Å². The highest BCUT2D eigenvalue weighted by molar-refractivity contribution is 5.90. The van der Waals surface area contributed by atoms with Gasteiger partial charge < -0.3 is 13.9 Å². The molecule has 1 aromatic rings. The van der Waals surface area contributed by atoms with Gasteiger partial charge in [-0.15, -0.1) is 0 Å². The molecule has 0 saturated carbocycles. The molecule has 0 aliphatic carbocycles. The number of nitrogens with zero attached hydrogens (tertiary/aromatic N) is 1. The monoisotopic (exact) mass is 283 g/mol. The smallest absolute Gasteiger partial charge is 0.341 e. The standard InChI is InChI=1S/C14H21NO5/c1-9(13(16)18-4)7-15(3)8-11-6-12(10(2)20-11)14(17)19-5/h6,9H,7-8H2,1-5H3. The molecule has 1 atom stereocenters. The molecule has 1 aromatic heterocycles. The summed E-state index contributed by atoms with van der Waals surface area (Å²) in [4.78, 5) is 24.8. The van der Waals surface area contributed by atoms with Crippen LogP contribution in [-0.2, 0) is 20.8 Å². The number of ether oxygens (including phenoxy) is 2. The summed E-state index contributed by atoms with van der Waals surface area (Å²) in [6.07, 6.45) is 0. The van der Waals surface area contributed by atoms with Crippen LogP contribution in [0.3, 0.4) is 0 Å². The zero-order valence-electron chi connectivity index (χ0n) is 12.6. The Morgan fingerprint density at radius 1 is 1.35 bits per heavy atom. The van der Waals surface area contributed by atoms with Crippen molar-refractivity contribution in [3.63, 3.8) is 0 Å². The quantitative estimate of drug-likeness (QED) is 0.739. The molecular formula is C14H21NO5. The Hall–Kier alpha value is -1.82. The van der Waals surface area contributed by atoms with Crippen molar-refractivity contribution in [3.05, 3.63) is 23.2 Å². The maximum absolute atomic E-state index is 11.5. The van der Waals surface area contributed by atoms with Crippen LogP contribution in [0.25, 0.3) is 0 Å². The number of carbonyl (C=O) groups excluding carboxylic acids is 2. The van der Waals surface area contributed by atoms with Crippen molar-refractivity contribution in [2.45, 2.75) is 20.4 Å². The second kappa shape index (κ2) is 7.09. The molecule has 0 saturated heterocycles. The van der Waals surface area contributed by atoms with Gasteiger partial charge in [0.25, 0.3) is 0 Å². The molecule has 1 unspecified atom stereocenters. The van der Waals surface area contributed by atoms with E-state index in [1.807, 2.05) is 11.9 Å². The van der Waals surface area contributed by atoms with E-state index in [1.54, 1.807) is 19.9 Å². The van der Waals surface area contributed by atoms with E-state index >= 15 is 0 Å². The third-order valence-electron chi connectivity index (χ3n) is 2.99. The van der Waals surface area contributed by atoms with Crippen LogP contribution < -0.4 is 0 Å². The van der Waals surface area contributed by atoms with Gasteiger partial charge in [-0.05, 0) is 20.0 Å². The molecule has 0 spiro atoms. The first kappa shape index (κ1) is 16.2. The van der Waals surface area contributed by atoms with Crippen molar-refractivity contribution in [2.75, 3.05) is 27.8 Å². The summed E-state index contributed by atoms with van der Waals surface area (Å²) in [5.41, 5.74) is 0.428. The van der Waals surface area contributed by atoms with E-state index in [4.69, 9.17) is 4.42 Å². The first-order valence-electron chi connectivity index (χ1n) is 6.33. The molecule has 0 aliphatic rings. The van der Waals surface area contributed by atoms with Crippen molar-refractivity contribution < 1.29 is 23.5 Å². The minimum Gasteiger partial charge on any atom is -0.469 e. The van der Waals surface area contributed by atoms with Crippen LogP contribution in [0.15, 0.2) is 10.5 Å². The molecule has 112 valence electrons. The zero-order valence-corrected chi connectivity index (χ0v) is 12.6. The van der Waals surface area contributed by atoms with Gasteiger partial charge in [0.05, 0.1) is 26.7 Å². The SMILES string of the molecule is COC(=O)c1cc(CN(C)CC(C)C(=O)OC)oc1C. The van der Waals surface area contributed by atoms with Crippen molar-refractivity contribution >= 4 is 11.9 Å². The van der Waals surface area contributed by atoms with Crippen LogP contribution in [0, 0.1) is 12.8 Å². The number of furan rings is 1. The molecule has 6 heteroatoms. The van der Waals surface area contributed by atoms with Crippen LogP contribution in [0.1, 0.15) is 28.8 Å². The molecule has 0 N–H and O–H groups in total. The Bertz CT molecular complexity index is 480. The molecule has 0 amide bonds. The number of hydrogen-bond donors (Lipinski definition) is 0. The maximum atomic E-state index is 11.5. The summed E-state index contributed by atoms with van der Waals surface area (Å²) in [6, 6.07) is 1.67. The summed E-state index contributed by atoms with van der Waals surface area (Å²) >= 11 is 0. The van der Waals surface area contributed by atoms with Crippen LogP contribution in [-0.4, -0.2) is 44.7 Å². The van der Waals surface area contributed by atoms with Crippen LogP contribution in [0.2, 0.25) is 0 Å². The van der Waals surface area contributed by atoms with Gasteiger partial charge in [-0.3, -0.25) is 9.69 Å². The summed E-state index contributed by atoms with van der Waals surface area (Å²) in [6.45, 7) is 4.56. The predicted molar refractivity (Wildman–Crippen MR) is 72.3 cm³/mol. The normalized spacial score (nSPS) is 12.3. The van der Waals surface area contributed by atoms with Crippen molar-refractivity contribution in [3.8, 4) is 0 Å². The van der Waals surface area contributed by atoms with Crippen molar-refractivity contribution in [1.82, 2.24) is 4.90 Å². The molecular weight excluding hydrogens is 262 g/mol. The molecule has 6 nitrogen and oxygen atoms in total. The summed E-state index contributed by atoms with van der Waals surface area (Å²) in [5, 5.41) is 0. The van der Waals surface area contributed by atoms with Gasteiger partial charge in [0.2, 0.25) is 0 Å². The number of rotatable bonds is 6. The highest BCUT2D eigenvalue weighted by Crippen LogP contribution is 2.17. The van der Waals surface area contributed by atoms with E-state index < -0.39 is 5.97 Å². The Kier molecular flexibility index (Phi) is 5.76. The number of hydrogen-bond acceptors (Lipinski definition) is 6. The number of aryl methyl sites for hydroxylation is 1. The van der Waals surface area contributed by atoms with Crippen molar-refractivity contribution in [1.29, 1.82) is 0 Å². The van der Waals surface area contributed by atoms with Crippen LogP contribution >= 0.6 is 0 Å². The Morgan fingerprint density at radius 2 is 2.00 bits per heavy atom. The number of esters is 2. The molecule has 0 aromatic carbocycles. The van der Waals surface area contributed by atoms with E-state index in [-0.39, 0.29) is 11.9 Å². The summed E-state index contributed by atoms with van der Waals surface area (Å²) in [7, 11) is 4.57. The fourth-order valence-electron chi connectivity index (χ4n) is 2.01. The lowest BCUT2D eigenvalue weighted by Gasteiger charge is -2.18. The largest absolute Gasteiger partial charge is 0.469 e. The number of methoxy groups -OCH3 is 2. The average Bonchev–Trinajstić information content (AvgIpc) is 2.77. The average molecular weight is 283 g/mol. The molecule has 1 heterocycles. The lowest BCUT2D eigenvalue weighted by atomic mass is 10.1. The van der Waals surface area contributed by atoms with Crippen molar-refractivity contribution in [2.24, 2.45) is 5.92 Å². The fraction of sp³-hybridized carbons (Fsp3) is 0.571. The first-order chi connectivity index (χ1) is 9.38. The van der Waals surface area contributed by atoms with Gasteiger partial charge in [0, 0.05) is 6.54 Å². The van der Waals surface area contributed by atoms with Gasteiger partial charge in [-0.2, -0.15) is 0 Å². The van der Waals surface area contributed by atoms with Gasteiger partial charge in [-0.25, -0.2) is 4.79 Å². The Labute approximate surface area is 118 Å². The van der Waals surface area contributed by atoms with Gasteiger partial charge in [-0.1, -0.05) is 6.92 Å². The molecule has 20 heavy (non-hydrogen) atoms. The molecule has 0 fully saturated rings. The fourth-order valence-corrected chi connectivity index (χ4v) is 2.01. The third-order valence-corrected chi connectivity index (χ3v) is 2.99. The van der Waals surface area contributed by atoms with E-state index in [0.29, 0.717) is 30.2 Å². The third kappa shape index (κ3) is 4.09. The lowest BCUT2D eigenvalue weighted by Crippen LogP contribution is -2.28. The molecule has 0 bridgehead atoms. The minimum absolute atomic E-state index is 0.221. The predicted octanol–water partition coefficient (Wildman–Crippen LogP) is 1.62. The topological polar surface area (TPSA) is 69.0 Å². The van der Waals surface area contributed by atoms with Crippen LogP contribution in [0.5, 0.6) is 0 Å². The molecule has 0 aliphatic heterocycles. The van der Waals surface area contributed by atoms with Gasteiger partial charge in [0.15, 0.2) is 0 Å². The number of carbonyl (C=O) groups is 2. The first-order valence-corrected chi connectivity index (χ1v) is 6.33. The second-order valence-electron chi connectivity index (χ2n) is 4.80. The highest BCUT2D eigenvalue weighted by Gasteiger charge is 2.19. The molecule has 0 radical (unpaired) electrons. The van der Waals surface area contributed by atoms with Crippen LogP contribution in [0.4, 0.5) is 0 Å². The maximum Gasteiger partial charge on any atom is 0.341 e. The summed E-state index contributed by atoms with van der Waals surface area (Å²) in [5.74, 6) is 0.302. The van der Waals surface area contributed by atoms with E-state index in [2.05, 4.69) is 9.47 Å². The molecule has 1 rings (SSSR count). The van der Waals surface area contributed by atoms with E-state index in [1.165, 1.54) is 14.2 Å². The van der Waals surface area contributed by atoms with E-state index in [0.717, 1.165) is 0 Å². The zero-order chi connectivity index (χ0) is 15.3. The van der Waals surface area contributed by atoms with E-state index in [9.17, 15) is 9.59 Å². The van der Waals surface area contributed by atoms with Gasteiger partial charge in [0.1, 0.15) is 17.1 Å². The Balaban J connectivity index is 2.65. The second-order valence-corrected chi connectivity index (χ2v) is 4.80. The minimum atomic E-state index is -0.414. The summed E-state index contributed by atoms with van der Waals surface area (Å²) < 4.78 is 14.9. The Morgan fingerprint density at radius 3 is 2.55 bits per heavy atom.